The molecule has 0 fully saturated rings. The van der Waals surface area contributed by atoms with E-state index < -0.39 is 17.8 Å². The first-order valence-corrected chi connectivity index (χ1v) is 6.75. The molecule has 0 radical (unpaired) electrons. The van der Waals surface area contributed by atoms with Crippen molar-refractivity contribution >= 4 is 23.5 Å². The van der Waals surface area contributed by atoms with Gasteiger partial charge < -0.3 is 15.2 Å². The van der Waals surface area contributed by atoms with Crippen LogP contribution in [0.5, 0.6) is 0 Å². The molecule has 1 amide bonds. The predicted octanol–water partition coefficient (Wildman–Crippen LogP) is 2.61. The van der Waals surface area contributed by atoms with Gasteiger partial charge in [-0.2, -0.15) is 0 Å². The number of hydrogen-bond donors (Lipinski definition) is 2. The van der Waals surface area contributed by atoms with Crippen molar-refractivity contribution in [3.63, 3.8) is 0 Å². The van der Waals surface area contributed by atoms with Gasteiger partial charge in [-0.15, -0.1) is 0 Å². The molecule has 0 spiro atoms. The molecule has 0 saturated heterocycles. The van der Waals surface area contributed by atoms with Crippen LogP contribution in [0.25, 0.3) is 0 Å². The lowest BCUT2D eigenvalue weighted by atomic mass is 10.1. The molecule has 6 heteroatoms. The maximum absolute atomic E-state index is 12.0. The molecular formula is C16H19NO5. The van der Waals surface area contributed by atoms with Crippen molar-refractivity contribution in [2.75, 3.05) is 5.32 Å². The van der Waals surface area contributed by atoms with Gasteiger partial charge in [-0.1, -0.05) is 6.07 Å². The van der Waals surface area contributed by atoms with Crippen molar-refractivity contribution < 1.29 is 24.2 Å². The standard InChI is InChI=1S/C16H19NO5/c1-9(2)22-16(21)12-6-5-7-13(8-12)17-14(18)10(3)11(4)15(19)20/h5-9H,1-4H3,(H,17,18)(H,19,20)/b11-10-. The van der Waals surface area contributed by atoms with Gasteiger partial charge >= 0.3 is 11.9 Å². The molecule has 0 bridgehead atoms. The second kappa shape index (κ2) is 7.40. The minimum atomic E-state index is -1.15. The number of rotatable bonds is 5. The van der Waals surface area contributed by atoms with E-state index >= 15 is 0 Å². The fourth-order valence-electron chi connectivity index (χ4n) is 1.56. The van der Waals surface area contributed by atoms with Crippen molar-refractivity contribution in [2.45, 2.75) is 33.8 Å². The summed E-state index contributed by atoms with van der Waals surface area (Å²) in [6, 6.07) is 6.26. The first-order chi connectivity index (χ1) is 10.2. The van der Waals surface area contributed by atoms with Crippen molar-refractivity contribution in [2.24, 2.45) is 0 Å². The highest BCUT2D eigenvalue weighted by molar-refractivity contribution is 6.08. The Morgan fingerprint density at radius 2 is 1.77 bits per heavy atom. The van der Waals surface area contributed by atoms with E-state index in [0.717, 1.165) is 0 Å². The Kier molecular flexibility index (Phi) is 5.86. The van der Waals surface area contributed by atoms with Crippen molar-refractivity contribution in [3.8, 4) is 0 Å². The van der Waals surface area contributed by atoms with Gasteiger partial charge in [0.05, 0.1) is 11.7 Å². The van der Waals surface area contributed by atoms with Gasteiger partial charge in [0, 0.05) is 16.8 Å². The summed E-state index contributed by atoms with van der Waals surface area (Å²) in [5, 5.41) is 11.4. The summed E-state index contributed by atoms with van der Waals surface area (Å²) in [5.74, 6) is -2.17. The predicted molar refractivity (Wildman–Crippen MR) is 81.6 cm³/mol. The van der Waals surface area contributed by atoms with Crippen LogP contribution in [0.4, 0.5) is 5.69 Å². The van der Waals surface area contributed by atoms with Gasteiger partial charge in [0.25, 0.3) is 5.91 Å². The fourth-order valence-corrected chi connectivity index (χ4v) is 1.56. The first kappa shape index (κ1) is 17.4. The molecule has 0 aliphatic rings. The largest absolute Gasteiger partial charge is 0.478 e. The zero-order valence-corrected chi connectivity index (χ0v) is 13.0. The lowest BCUT2D eigenvalue weighted by molar-refractivity contribution is -0.133. The molecule has 0 aliphatic carbocycles. The second-order valence-corrected chi connectivity index (χ2v) is 5.04. The Morgan fingerprint density at radius 3 is 2.32 bits per heavy atom. The lowest BCUT2D eigenvalue weighted by Gasteiger charge is -2.10. The van der Waals surface area contributed by atoms with E-state index in [9.17, 15) is 14.4 Å². The lowest BCUT2D eigenvalue weighted by Crippen LogP contribution is -2.17. The zero-order chi connectivity index (χ0) is 16.9. The minimum absolute atomic E-state index is 0.0344. The number of carboxylic acids is 1. The summed E-state index contributed by atoms with van der Waals surface area (Å²) in [5.41, 5.74) is 0.763. The number of carboxylic acid groups (broad SMARTS) is 1. The average molecular weight is 305 g/mol. The molecule has 1 rings (SSSR count). The summed E-state index contributed by atoms with van der Waals surface area (Å²) in [6.45, 7) is 6.27. The van der Waals surface area contributed by atoms with Gasteiger partial charge in [-0.3, -0.25) is 4.79 Å². The SMILES string of the molecule is C/C(C(=O)O)=C(\C)C(=O)Nc1cccc(C(=O)OC(C)C)c1. The van der Waals surface area contributed by atoms with E-state index in [2.05, 4.69) is 5.32 Å². The molecular weight excluding hydrogens is 286 g/mol. The third kappa shape index (κ3) is 4.73. The number of hydrogen-bond acceptors (Lipinski definition) is 4. The summed E-state index contributed by atoms with van der Waals surface area (Å²) >= 11 is 0. The highest BCUT2D eigenvalue weighted by Crippen LogP contribution is 2.14. The molecule has 0 aromatic heterocycles. The highest BCUT2D eigenvalue weighted by atomic mass is 16.5. The number of carbonyl (C=O) groups excluding carboxylic acids is 2. The van der Waals surface area contributed by atoms with E-state index in [1.807, 2.05) is 0 Å². The molecule has 0 heterocycles. The molecule has 0 saturated carbocycles. The number of ether oxygens (including phenoxy) is 1. The molecule has 1 aromatic rings. The van der Waals surface area contributed by atoms with E-state index in [-0.39, 0.29) is 17.3 Å². The Morgan fingerprint density at radius 1 is 1.14 bits per heavy atom. The Hall–Kier alpha value is -2.63. The number of carbonyl (C=O) groups is 3. The van der Waals surface area contributed by atoms with E-state index in [0.29, 0.717) is 11.3 Å². The van der Waals surface area contributed by atoms with Gasteiger partial charge in [-0.05, 0) is 45.9 Å². The molecule has 1 aromatic carbocycles. The summed E-state index contributed by atoms with van der Waals surface area (Å²) in [4.78, 5) is 34.6. The number of nitrogens with one attached hydrogen (secondary N) is 1. The maximum Gasteiger partial charge on any atom is 0.338 e. The monoisotopic (exact) mass is 305 g/mol. The average Bonchev–Trinajstić information content (AvgIpc) is 2.45. The van der Waals surface area contributed by atoms with Crippen molar-refractivity contribution in [1.29, 1.82) is 0 Å². The maximum atomic E-state index is 12.0. The Labute approximate surface area is 128 Å². The third-order valence-corrected chi connectivity index (χ3v) is 2.92. The van der Waals surface area contributed by atoms with Crippen LogP contribution in [0.3, 0.4) is 0 Å². The van der Waals surface area contributed by atoms with Crippen LogP contribution < -0.4 is 5.32 Å². The molecule has 118 valence electrons. The van der Waals surface area contributed by atoms with E-state index in [4.69, 9.17) is 9.84 Å². The molecule has 0 unspecified atom stereocenters. The molecule has 6 nitrogen and oxygen atoms in total. The summed E-state index contributed by atoms with van der Waals surface area (Å²) in [7, 11) is 0. The van der Waals surface area contributed by atoms with Gasteiger partial charge in [0.1, 0.15) is 0 Å². The van der Waals surface area contributed by atoms with Gasteiger partial charge in [0.15, 0.2) is 0 Å². The van der Waals surface area contributed by atoms with Crippen LogP contribution in [-0.2, 0) is 14.3 Å². The van der Waals surface area contributed by atoms with Crippen molar-refractivity contribution in [1.82, 2.24) is 0 Å². The fraction of sp³-hybridized carbons (Fsp3) is 0.312. The summed E-state index contributed by atoms with van der Waals surface area (Å²) < 4.78 is 5.07. The molecule has 0 atom stereocenters. The summed E-state index contributed by atoms with van der Waals surface area (Å²) in [6.07, 6.45) is -0.242. The van der Waals surface area contributed by atoms with Crippen LogP contribution in [0.1, 0.15) is 38.1 Å². The van der Waals surface area contributed by atoms with Crippen LogP contribution in [0.15, 0.2) is 35.4 Å². The molecule has 2 N–H and O–H groups in total. The molecule has 22 heavy (non-hydrogen) atoms. The van der Waals surface area contributed by atoms with E-state index in [1.54, 1.807) is 32.0 Å². The van der Waals surface area contributed by atoms with Crippen LogP contribution in [0, 0.1) is 0 Å². The number of aliphatic carboxylic acids is 1. The van der Waals surface area contributed by atoms with Crippen LogP contribution >= 0.6 is 0 Å². The third-order valence-electron chi connectivity index (χ3n) is 2.92. The van der Waals surface area contributed by atoms with Gasteiger partial charge in [-0.25, -0.2) is 9.59 Å². The quantitative estimate of drug-likeness (QED) is 0.644. The van der Waals surface area contributed by atoms with Crippen LogP contribution in [0.2, 0.25) is 0 Å². The first-order valence-electron chi connectivity index (χ1n) is 6.75. The topological polar surface area (TPSA) is 92.7 Å². The number of anilines is 1. The van der Waals surface area contributed by atoms with Crippen LogP contribution in [-0.4, -0.2) is 29.1 Å². The Balaban J connectivity index is 2.92. The second-order valence-electron chi connectivity index (χ2n) is 5.04. The van der Waals surface area contributed by atoms with Crippen molar-refractivity contribution in [3.05, 3.63) is 41.0 Å². The number of benzene rings is 1. The van der Waals surface area contributed by atoms with E-state index in [1.165, 1.54) is 19.9 Å². The Bertz CT molecular complexity index is 631. The zero-order valence-electron chi connectivity index (χ0n) is 13.0. The van der Waals surface area contributed by atoms with Gasteiger partial charge in [0.2, 0.25) is 0 Å². The minimum Gasteiger partial charge on any atom is -0.478 e. The normalized spacial score (nSPS) is 11.7. The molecule has 0 aliphatic heterocycles. The smallest absolute Gasteiger partial charge is 0.338 e. The number of amides is 1. The highest BCUT2D eigenvalue weighted by Gasteiger charge is 2.14. The number of esters is 1.